The molecular formula is C20H22F3N3O. The van der Waals surface area contributed by atoms with Gasteiger partial charge in [-0.2, -0.15) is 0 Å². The molecule has 4 nitrogen and oxygen atoms in total. The maximum absolute atomic E-state index is 14.8. The zero-order valence-corrected chi connectivity index (χ0v) is 15.0. The first-order valence-corrected chi connectivity index (χ1v) is 9.26. The highest BCUT2D eigenvalue weighted by molar-refractivity contribution is 5.67. The molecule has 4 atom stereocenters. The predicted octanol–water partition coefficient (Wildman–Crippen LogP) is 4.75. The van der Waals surface area contributed by atoms with Crippen LogP contribution in [0.5, 0.6) is 5.75 Å². The lowest BCUT2D eigenvalue weighted by atomic mass is 9.83. The number of phenolic OH excluding ortho intramolecular Hbond substituents is 1. The summed E-state index contributed by atoms with van der Waals surface area (Å²) in [5.74, 6) is 1.04. The van der Waals surface area contributed by atoms with Gasteiger partial charge in [-0.15, -0.1) is 10.2 Å². The molecule has 144 valence electrons. The molecule has 7 heteroatoms. The molecule has 2 aliphatic rings. The Balaban J connectivity index is 1.54. The molecule has 0 radical (unpaired) electrons. The Hall–Kier alpha value is -2.31. The second-order valence-electron chi connectivity index (χ2n) is 7.65. The van der Waals surface area contributed by atoms with Crippen molar-refractivity contribution < 1.29 is 18.3 Å². The van der Waals surface area contributed by atoms with E-state index in [0.29, 0.717) is 23.0 Å². The molecule has 2 saturated carbocycles. The predicted molar refractivity (Wildman–Crippen MR) is 96.6 cm³/mol. The van der Waals surface area contributed by atoms with Crippen LogP contribution in [0.2, 0.25) is 0 Å². The van der Waals surface area contributed by atoms with Crippen LogP contribution in [0.1, 0.15) is 37.7 Å². The molecule has 2 bridgehead atoms. The third-order valence-corrected chi connectivity index (χ3v) is 6.03. The van der Waals surface area contributed by atoms with Crippen molar-refractivity contribution in [3.63, 3.8) is 0 Å². The minimum Gasteiger partial charge on any atom is -0.507 e. The number of nitrogens with zero attached hydrogens (tertiary/aromatic N) is 3. The van der Waals surface area contributed by atoms with Gasteiger partial charge in [0.2, 0.25) is 0 Å². The largest absolute Gasteiger partial charge is 0.507 e. The van der Waals surface area contributed by atoms with Crippen molar-refractivity contribution in [3.05, 3.63) is 35.9 Å². The Kier molecular flexibility index (Phi) is 4.70. The van der Waals surface area contributed by atoms with E-state index in [0.717, 1.165) is 31.7 Å². The number of halogens is 3. The summed E-state index contributed by atoms with van der Waals surface area (Å²) in [4.78, 5) is 1.85. The smallest absolute Gasteiger partial charge is 0.263 e. The number of alkyl halides is 3. The maximum Gasteiger partial charge on any atom is 0.263 e. The normalized spacial score (nSPS) is 27.1. The van der Waals surface area contributed by atoms with E-state index in [9.17, 15) is 18.3 Å². The van der Waals surface area contributed by atoms with Gasteiger partial charge in [0.25, 0.3) is 6.43 Å². The number of phenols is 1. The summed E-state index contributed by atoms with van der Waals surface area (Å²) in [7, 11) is 1.83. The number of hydrogen-bond donors (Lipinski definition) is 1. The van der Waals surface area contributed by atoms with Crippen LogP contribution in [0.15, 0.2) is 30.3 Å². The van der Waals surface area contributed by atoms with Gasteiger partial charge in [-0.25, -0.2) is 13.2 Å². The van der Waals surface area contributed by atoms with Crippen molar-refractivity contribution in [3.8, 4) is 17.0 Å². The molecule has 1 aromatic carbocycles. The summed E-state index contributed by atoms with van der Waals surface area (Å²) in [6.45, 7) is 0. The van der Waals surface area contributed by atoms with Crippen molar-refractivity contribution in [1.82, 2.24) is 10.2 Å². The number of fused-ring (bicyclic) bond motifs is 2. The van der Waals surface area contributed by atoms with Gasteiger partial charge in [0.05, 0.1) is 11.7 Å². The van der Waals surface area contributed by atoms with E-state index in [1.54, 1.807) is 12.1 Å². The molecular weight excluding hydrogens is 355 g/mol. The molecule has 1 aromatic heterocycles. The van der Waals surface area contributed by atoms with Crippen molar-refractivity contribution in [2.75, 3.05) is 11.9 Å². The van der Waals surface area contributed by atoms with Crippen LogP contribution in [0.4, 0.5) is 19.0 Å². The summed E-state index contributed by atoms with van der Waals surface area (Å²) in [5, 5.41) is 18.3. The summed E-state index contributed by atoms with van der Waals surface area (Å²) in [6, 6.07) is 6.89. The highest BCUT2D eigenvalue weighted by atomic mass is 19.3. The van der Waals surface area contributed by atoms with E-state index in [4.69, 9.17) is 0 Å². The molecule has 27 heavy (non-hydrogen) atoms. The average Bonchev–Trinajstić information content (AvgIpc) is 3.08. The number of hydrogen-bond acceptors (Lipinski definition) is 4. The summed E-state index contributed by atoms with van der Waals surface area (Å²) in [6.07, 6.45) is 0.382. The minimum absolute atomic E-state index is 0.147. The van der Waals surface area contributed by atoms with Crippen molar-refractivity contribution in [1.29, 1.82) is 0 Å². The second-order valence-corrected chi connectivity index (χ2v) is 7.65. The number of rotatable bonds is 4. The molecule has 0 saturated heterocycles. The highest BCUT2D eigenvalue weighted by Crippen LogP contribution is 2.45. The van der Waals surface area contributed by atoms with Gasteiger partial charge >= 0.3 is 0 Å². The average molecular weight is 377 g/mol. The molecule has 2 aromatic rings. The number of anilines is 1. The van der Waals surface area contributed by atoms with E-state index in [2.05, 4.69) is 10.2 Å². The fourth-order valence-corrected chi connectivity index (χ4v) is 4.50. The van der Waals surface area contributed by atoms with Crippen LogP contribution in [-0.2, 0) is 0 Å². The molecule has 1 N–H and O–H groups in total. The van der Waals surface area contributed by atoms with Crippen LogP contribution >= 0.6 is 0 Å². The van der Waals surface area contributed by atoms with E-state index in [1.165, 1.54) is 12.1 Å². The van der Waals surface area contributed by atoms with Gasteiger partial charge in [0, 0.05) is 18.2 Å². The quantitative estimate of drug-likeness (QED) is 0.835. The molecule has 0 aliphatic heterocycles. The van der Waals surface area contributed by atoms with Crippen LogP contribution in [-0.4, -0.2) is 34.6 Å². The zero-order chi connectivity index (χ0) is 19.1. The molecule has 2 fully saturated rings. The summed E-state index contributed by atoms with van der Waals surface area (Å²) < 4.78 is 40.2. The Morgan fingerprint density at radius 3 is 2.59 bits per heavy atom. The number of aromatic hydroxyl groups is 1. The molecule has 1 heterocycles. The van der Waals surface area contributed by atoms with Crippen LogP contribution in [0.25, 0.3) is 11.3 Å². The van der Waals surface area contributed by atoms with Crippen LogP contribution < -0.4 is 4.90 Å². The van der Waals surface area contributed by atoms with E-state index in [-0.39, 0.29) is 23.3 Å². The lowest BCUT2D eigenvalue weighted by Gasteiger charge is -2.38. The number of aromatic nitrogens is 2. The maximum atomic E-state index is 14.8. The Morgan fingerprint density at radius 2 is 1.93 bits per heavy atom. The first-order valence-electron chi connectivity index (χ1n) is 9.26. The minimum atomic E-state index is -2.65. The number of benzene rings is 1. The molecule has 0 spiro atoms. The fourth-order valence-electron chi connectivity index (χ4n) is 4.50. The first-order chi connectivity index (χ1) is 12.9. The Labute approximate surface area is 156 Å². The van der Waals surface area contributed by atoms with Crippen LogP contribution in [0, 0.1) is 11.8 Å². The lowest BCUT2D eigenvalue weighted by molar-refractivity contribution is 0.144. The second kappa shape index (κ2) is 7.02. The topological polar surface area (TPSA) is 49.2 Å². The monoisotopic (exact) mass is 377 g/mol. The van der Waals surface area contributed by atoms with Crippen molar-refractivity contribution in [2.24, 2.45) is 11.8 Å². The van der Waals surface area contributed by atoms with E-state index >= 15 is 0 Å². The molecule has 0 unspecified atom stereocenters. The fraction of sp³-hybridized carbons (Fsp3) is 0.500. The van der Waals surface area contributed by atoms with Gasteiger partial charge in [0.15, 0.2) is 5.82 Å². The van der Waals surface area contributed by atoms with Gasteiger partial charge in [-0.1, -0.05) is 6.07 Å². The van der Waals surface area contributed by atoms with Crippen LogP contribution in [0.3, 0.4) is 0 Å². The molecule has 0 amide bonds. The SMILES string of the molecule is CN(c1ccc(-c2ccc(C(F)F)cc2O)nn1)[C@@H]1C[C@H]2CC[C@H](C2)[C@@H]1F. The zero-order valence-electron chi connectivity index (χ0n) is 15.0. The van der Waals surface area contributed by atoms with E-state index in [1.807, 2.05) is 11.9 Å². The van der Waals surface area contributed by atoms with E-state index < -0.39 is 12.6 Å². The summed E-state index contributed by atoms with van der Waals surface area (Å²) >= 11 is 0. The van der Waals surface area contributed by atoms with Gasteiger partial charge in [0.1, 0.15) is 11.9 Å². The highest BCUT2D eigenvalue weighted by Gasteiger charge is 2.44. The van der Waals surface area contributed by atoms with Gasteiger partial charge < -0.3 is 10.0 Å². The molecule has 2 aliphatic carbocycles. The standard InChI is InChI=1S/C20H22F3N3O/c1-26(16-9-11-2-3-12(8-11)19(16)21)18-7-6-15(24-25-18)14-5-4-13(20(22)23)10-17(14)27/h4-7,10-12,16,19-20,27H,2-3,8-9H2,1H3/t11-,12+,16+,19-/m0/s1. The third-order valence-electron chi connectivity index (χ3n) is 6.03. The van der Waals surface area contributed by atoms with Crippen molar-refractivity contribution in [2.45, 2.75) is 44.3 Å². The van der Waals surface area contributed by atoms with Crippen molar-refractivity contribution >= 4 is 5.82 Å². The van der Waals surface area contributed by atoms with Gasteiger partial charge in [-0.05, 0) is 61.8 Å². The molecule has 4 rings (SSSR count). The van der Waals surface area contributed by atoms with Gasteiger partial charge in [-0.3, -0.25) is 0 Å². The Bertz CT molecular complexity index is 815. The Morgan fingerprint density at radius 1 is 1.11 bits per heavy atom. The third kappa shape index (κ3) is 3.35. The lowest BCUT2D eigenvalue weighted by Crippen LogP contribution is -2.46. The summed E-state index contributed by atoms with van der Waals surface area (Å²) in [5.41, 5.74) is 0.465. The first kappa shape index (κ1) is 18.1.